The van der Waals surface area contributed by atoms with Gasteiger partial charge in [-0.1, -0.05) is 30.0 Å². The lowest BCUT2D eigenvalue weighted by Crippen LogP contribution is -2.23. The van der Waals surface area contributed by atoms with Gasteiger partial charge in [0.25, 0.3) is 5.56 Å². The van der Waals surface area contributed by atoms with Crippen LogP contribution in [0.1, 0.15) is 30.4 Å². The fraction of sp³-hybridized carbons (Fsp3) is 0.429. The van der Waals surface area contributed by atoms with Crippen molar-refractivity contribution in [3.05, 3.63) is 45.1 Å². The molecule has 1 fully saturated rings. The van der Waals surface area contributed by atoms with E-state index in [-0.39, 0.29) is 11.7 Å². The van der Waals surface area contributed by atoms with Crippen LogP contribution in [0.25, 0.3) is 21.3 Å². The topological polar surface area (TPSA) is 44.1 Å². The van der Waals surface area contributed by atoms with Gasteiger partial charge >= 0.3 is 0 Å². The van der Waals surface area contributed by atoms with E-state index in [0.717, 1.165) is 51.7 Å². The average Bonchev–Trinajstić information content (AvgIpc) is 3.10. The number of aryl methyl sites for hydroxylation is 2. The average molecular weight is 401 g/mol. The highest BCUT2D eigenvalue weighted by molar-refractivity contribution is 7.99. The third-order valence-corrected chi connectivity index (χ3v) is 7.30. The lowest BCUT2D eigenvalue weighted by atomic mass is 10.0. The van der Waals surface area contributed by atoms with Crippen molar-refractivity contribution in [2.75, 3.05) is 12.4 Å². The Hall–Kier alpha value is -1.63. The van der Waals surface area contributed by atoms with Crippen molar-refractivity contribution in [1.82, 2.24) is 9.55 Å². The van der Waals surface area contributed by atoms with E-state index >= 15 is 0 Å². The molecular formula is C21H24N2O2S2. The number of nitrogens with zero attached hydrogens (tertiary/aromatic N) is 2. The number of thiophene rings is 1. The van der Waals surface area contributed by atoms with Crippen LogP contribution >= 0.6 is 23.1 Å². The first kappa shape index (κ1) is 18.7. The minimum absolute atomic E-state index is 0.0292. The Morgan fingerprint density at radius 2 is 2.15 bits per heavy atom. The molecule has 1 aromatic carbocycles. The summed E-state index contributed by atoms with van der Waals surface area (Å²) in [5, 5.41) is 3.56. The van der Waals surface area contributed by atoms with Crippen molar-refractivity contribution < 1.29 is 4.74 Å². The van der Waals surface area contributed by atoms with Crippen LogP contribution in [-0.4, -0.2) is 28.0 Å². The minimum atomic E-state index is 0.0292. The summed E-state index contributed by atoms with van der Waals surface area (Å²) in [6.45, 7) is 5.05. The lowest BCUT2D eigenvalue weighted by Gasteiger charge is -2.22. The Kier molecular flexibility index (Phi) is 5.39. The Labute approximate surface area is 167 Å². The molecule has 142 valence electrons. The van der Waals surface area contributed by atoms with Crippen molar-refractivity contribution in [1.29, 1.82) is 0 Å². The number of thioether (sulfide) groups is 1. The maximum atomic E-state index is 13.1. The highest BCUT2D eigenvalue weighted by Crippen LogP contribution is 2.33. The fourth-order valence-electron chi connectivity index (χ4n) is 3.41. The summed E-state index contributed by atoms with van der Waals surface area (Å²) in [5.41, 5.74) is 4.59. The normalized spacial score (nSPS) is 17.5. The summed E-state index contributed by atoms with van der Waals surface area (Å²) in [6.07, 6.45) is 3.74. The molecule has 6 heteroatoms. The first-order valence-corrected chi connectivity index (χ1v) is 11.2. The number of hydrogen-bond acceptors (Lipinski definition) is 5. The smallest absolute Gasteiger partial charge is 0.263 e. The molecule has 4 rings (SSSR count). The Balaban J connectivity index is 1.68. The molecular weight excluding hydrogens is 376 g/mol. The third-order valence-electron chi connectivity index (χ3n) is 5.26. The van der Waals surface area contributed by atoms with Gasteiger partial charge in [-0.3, -0.25) is 9.36 Å². The summed E-state index contributed by atoms with van der Waals surface area (Å²) in [5.74, 6) is 0.848. The molecule has 2 aromatic heterocycles. The maximum Gasteiger partial charge on any atom is 0.263 e. The van der Waals surface area contributed by atoms with E-state index in [1.807, 2.05) is 7.05 Å². The lowest BCUT2D eigenvalue weighted by molar-refractivity contribution is 0.0315. The molecule has 0 aliphatic carbocycles. The first-order valence-electron chi connectivity index (χ1n) is 9.35. The van der Waals surface area contributed by atoms with Gasteiger partial charge in [0.15, 0.2) is 5.16 Å². The number of aromatic nitrogens is 2. The standard InChI is InChI=1S/C21H24N2O2S2/c1-13-7-8-15(10-14(13)2)17-12-26-19-18(17)20(24)23(3)21(22-19)27-11-16-6-4-5-9-25-16/h7-8,10,12,16H,4-6,9,11H2,1-3H3/t16-/m0/s1. The van der Waals surface area contributed by atoms with Crippen LogP contribution in [0.3, 0.4) is 0 Å². The zero-order valence-electron chi connectivity index (χ0n) is 15.9. The summed E-state index contributed by atoms with van der Waals surface area (Å²) in [7, 11) is 1.82. The molecule has 0 N–H and O–H groups in total. The molecule has 0 unspecified atom stereocenters. The van der Waals surface area contributed by atoms with Crippen LogP contribution in [0, 0.1) is 13.8 Å². The number of hydrogen-bond donors (Lipinski definition) is 0. The molecule has 4 nitrogen and oxygen atoms in total. The largest absolute Gasteiger partial charge is 0.377 e. The van der Waals surface area contributed by atoms with E-state index in [1.165, 1.54) is 17.5 Å². The Morgan fingerprint density at radius 1 is 1.30 bits per heavy atom. The fourth-order valence-corrected chi connectivity index (χ4v) is 5.44. The number of benzene rings is 1. The quantitative estimate of drug-likeness (QED) is 0.460. The van der Waals surface area contributed by atoms with Gasteiger partial charge in [0.05, 0.1) is 11.5 Å². The van der Waals surface area contributed by atoms with Crippen LogP contribution in [-0.2, 0) is 11.8 Å². The second-order valence-electron chi connectivity index (χ2n) is 7.19. The molecule has 1 aliphatic rings. The molecule has 3 heterocycles. The maximum absolute atomic E-state index is 13.1. The van der Waals surface area contributed by atoms with Gasteiger partial charge in [-0.2, -0.15) is 0 Å². The molecule has 0 saturated carbocycles. The second kappa shape index (κ2) is 7.78. The zero-order chi connectivity index (χ0) is 19.0. The molecule has 1 saturated heterocycles. The summed E-state index contributed by atoms with van der Waals surface area (Å²) < 4.78 is 7.49. The number of ether oxygens (including phenoxy) is 1. The third kappa shape index (κ3) is 3.71. The van der Waals surface area contributed by atoms with Gasteiger partial charge in [0.1, 0.15) is 4.83 Å². The minimum Gasteiger partial charge on any atom is -0.377 e. The predicted molar refractivity (Wildman–Crippen MR) is 114 cm³/mol. The summed E-state index contributed by atoms with van der Waals surface area (Å²) >= 11 is 3.17. The van der Waals surface area contributed by atoms with Crippen molar-refractivity contribution >= 4 is 33.3 Å². The van der Waals surface area contributed by atoms with Crippen molar-refractivity contribution in [3.63, 3.8) is 0 Å². The molecule has 3 aromatic rings. The summed E-state index contributed by atoms with van der Waals surface area (Å²) in [4.78, 5) is 18.7. The number of rotatable bonds is 4. The Morgan fingerprint density at radius 3 is 2.89 bits per heavy atom. The SMILES string of the molecule is Cc1ccc(-c2csc3nc(SC[C@@H]4CCCCO4)n(C)c(=O)c23)cc1C. The Bertz CT molecular complexity index is 1030. The van der Waals surface area contributed by atoms with E-state index < -0.39 is 0 Å². The molecule has 27 heavy (non-hydrogen) atoms. The van der Waals surface area contributed by atoms with Crippen molar-refractivity contribution in [2.45, 2.75) is 44.4 Å². The molecule has 1 atom stereocenters. The van der Waals surface area contributed by atoms with Crippen LogP contribution < -0.4 is 5.56 Å². The highest BCUT2D eigenvalue weighted by atomic mass is 32.2. The van der Waals surface area contributed by atoms with Gasteiger partial charge in [-0.15, -0.1) is 11.3 Å². The van der Waals surface area contributed by atoms with Crippen LogP contribution in [0.15, 0.2) is 33.5 Å². The van der Waals surface area contributed by atoms with Crippen molar-refractivity contribution in [3.8, 4) is 11.1 Å². The van der Waals surface area contributed by atoms with Crippen LogP contribution in [0.2, 0.25) is 0 Å². The van der Waals surface area contributed by atoms with E-state index in [4.69, 9.17) is 9.72 Å². The van der Waals surface area contributed by atoms with E-state index in [9.17, 15) is 4.79 Å². The van der Waals surface area contributed by atoms with E-state index in [2.05, 4.69) is 37.4 Å². The molecule has 0 bridgehead atoms. The zero-order valence-corrected chi connectivity index (χ0v) is 17.6. The predicted octanol–water partition coefficient (Wildman–Crippen LogP) is 4.94. The molecule has 0 radical (unpaired) electrons. The van der Waals surface area contributed by atoms with Gasteiger partial charge in [0, 0.05) is 30.4 Å². The van der Waals surface area contributed by atoms with Gasteiger partial charge < -0.3 is 4.74 Å². The van der Waals surface area contributed by atoms with Crippen LogP contribution in [0.4, 0.5) is 0 Å². The van der Waals surface area contributed by atoms with E-state index in [1.54, 1.807) is 27.7 Å². The monoisotopic (exact) mass is 400 g/mol. The van der Waals surface area contributed by atoms with Gasteiger partial charge in [-0.05, 0) is 49.8 Å². The van der Waals surface area contributed by atoms with Gasteiger partial charge in [-0.25, -0.2) is 4.98 Å². The molecule has 0 spiro atoms. The first-order chi connectivity index (χ1) is 13.0. The van der Waals surface area contributed by atoms with Crippen molar-refractivity contribution in [2.24, 2.45) is 7.05 Å². The molecule has 0 amide bonds. The number of fused-ring (bicyclic) bond motifs is 1. The van der Waals surface area contributed by atoms with E-state index in [0.29, 0.717) is 0 Å². The summed E-state index contributed by atoms with van der Waals surface area (Å²) in [6, 6.07) is 6.35. The highest BCUT2D eigenvalue weighted by Gasteiger charge is 2.19. The van der Waals surface area contributed by atoms with Crippen LogP contribution in [0.5, 0.6) is 0 Å². The second-order valence-corrected chi connectivity index (χ2v) is 9.03. The van der Waals surface area contributed by atoms with Gasteiger partial charge in [0.2, 0.25) is 0 Å². The molecule has 1 aliphatic heterocycles.